The van der Waals surface area contributed by atoms with Gasteiger partial charge >= 0.3 is 0 Å². The summed E-state index contributed by atoms with van der Waals surface area (Å²) in [6.07, 6.45) is 0.198. The van der Waals surface area contributed by atoms with E-state index in [1.165, 1.54) is 14.2 Å². The Balaban J connectivity index is 2.68. The molecule has 0 aromatic heterocycles. The summed E-state index contributed by atoms with van der Waals surface area (Å²) >= 11 is 6.13. The van der Waals surface area contributed by atoms with Crippen LogP contribution < -0.4 is 9.47 Å². The number of hydrogen-bond acceptors (Lipinski definition) is 5. The predicted molar refractivity (Wildman–Crippen MR) is 61.8 cm³/mol. The van der Waals surface area contributed by atoms with E-state index < -0.39 is 0 Å². The normalized spacial score (nSPS) is 16.2. The lowest BCUT2D eigenvalue weighted by molar-refractivity contribution is 0.106. The fourth-order valence-corrected chi connectivity index (χ4v) is 2.19. The van der Waals surface area contributed by atoms with Gasteiger partial charge in [0.1, 0.15) is 5.71 Å². The zero-order valence-corrected chi connectivity index (χ0v) is 10.0. The van der Waals surface area contributed by atoms with E-state index in [-0.39, 0.29) is 17.9 Å². The van der Waals surface area contributed by atoms with Crippen LogP contribution in [0.1, 0.15) is 15.9 Å². The third kappa shape index (κ3) is 1.63. The predicted octanol–water partition coefficient (Wildman–Crippen LogP) is 1.93. The van der Waals surface area contributed by atoms with Gasteiger partial charge < -0.3 is 14.7 Å². The van der Waals surface area contributed by atoms with Crippen LogP contribution in [0, 0.1) is 0 Å². The lowest BCUT2D eigenvalue weighted by Gasteiger charge is -2.11. The number of nitrogens with zero attached hydrogens (tertiary/aromatic N) is 1. The van der Waals surface area contributed by atoms with Crippen molar-refractivity contribution in [2.24, 2.45) is 5.16 Å². The molecule has 0 atom stereocenters. The zero-order chi connectivity index (χ0) is 12.6. The Morgan fingerprint density at radius 2 is 2.12 bits per heavy atom. The average Bonchev–Trinajstić information content (AvgIpc) is 2.66. The maximum absolute atomic E-state index is 11.8. The van der Waals surface area contributed by atoms with Crippen LogP contribution in [-0.2, 0) is 6.42 Å². The molecule has 90 valence electrons. The van der Waals surface area contributed by atoms with Crippen LogP contribution >= 0.6 is 11.6 Å². The summed E-state index contributed by atoms with van der Waals surface area (Å²) in [7, 11) is 2.93. The first-order chi connectivity index (χ1) is 8.13. The molecule has 6 heteroatoms. The molecule has 0 radical (unpaired) electrons. The molecule has 0 aliphatic heterocycles. The number of oxime groups is 1. The Morgan fingerprint density at radius 1 is 1.41 bits per heavy atom. The fourth-order valence-electron chi connectivity index (χ4n) is 1.85. The molecular weight excluding hydrogens is 246 g/mol. The molecule has 5 nitrogen and oxygen atoms in total. The molecule has 0 saturated heterocycles. The number of fused-ring (bicyclic) bond motifs is 1. The van der Waals surface area contributed by atoms with E-state index in [0.717, 1.165) is 0 Å². The van der Waals surface area contributed by atoms with Crippen LogP contribution in [0.3, 0.4) is 0 Å². The molecule has 0 amide bonds. The second-order valence-corrected chi connectivity index (χ2v) is 3.88. The zero-order valence-electron chi connectivity index (χ0n) is 9.28. The van der Waals surface area contributed by atoms with Gasteiger partial charge in [-0.25, -0.2) is 0 Å². The Kier molecular flexibility index (Phi) is 2.93. The summed E-state index contributed by atoms with van der Waals surface area (Å²) in [4.78, 5) is 11.8. The maximum atomic E-state index is 11.8. The maximum Gasteiger partial charge on any atom is 0.211 e. The van der Waals surface area contributed by atoms with Gasteiger partial charge in [-0.15, -0.1) is 0 Å². The van der Waals surface area contributed by atoms with Gasteiger partial charge in [-0.1, -0.05) is 16.8 Å². The molecule has 1 N–H and O–H groups in total. The Bertz CT molecular complexity index is 525. The number of ketones is 1. The van der Waals surface area contributed by atoms with E-state index in [9.17, 15) is 4.79 Å². The minimum Gasteiger partial charge on any atom is -0.493 e. The van der Waals surface area contributed by atoms with Crippen LogP contribution in [-0.4, -0.2) is 30.9 Å². The molecule has 1 aromatic carbocycles. The van der Waals surface area contributed by atoms with E-state index in [1.807, 2.05) is 0 Å². The monoisotopic (exact) mass is 255 g/mol. The Hall–Kier alpha value is -1.75. The molecular formula is C11H10ClNO4. The third-order valence-corrected chi connectivity index (χ3v) is 3.08. The van der Waals surface area contributed by atoms with Crippen molar-refractivity contribution in [2.75, 3.05) is 14.2 Å². The second kappa shape index (κ2) is 4.25. The van der Waals surface area contributed by atoms with Crippen molar-refractivity contribution in [3.8, 4) is 11.5 Å². The van der Waals surface area contributed by atoms with Crippen molar-refractivity contribution < 1.29 is 19.5 Å². The highest BCUT2D eigenvalue weighted by Crippen LogP contribution is 2.42. The quantitative estimate of drug-likeness (QED) is 0.648. The van der Waals surface area contributed by atoms with Crippen LogP contribution in [0.2, 0.25) is 5.02 Å². The standard InChI is InChI=1S/C11H10ClNO4/c1-16-8-4-6-5(9(12)11(8)17-2)3-7(13-15)10(6)14/h4,15H,3H2,1-2H3. The van der Waals surface area contributed by atoms with E-state index in [1.54, 1.807) is 6.07 Å². The van der Waals surface area contributed by atoms with E-state index in [2.05, 4.69) is 5.16 Å². The number of carbonyl (C=O) groups excluding carboxylic acids is 1. The molecule has 0 unspecified atom stereocenters. The first kappa shape index (κ1) is 11.7. The van der Waals surface area contributed by atoms with Crippen molar-refractivity contribution >= 4 is 23.1 Å². The van der Waals surface area contributed by atoms with Crippen LogP contribution in [0.15, 0.2) is 11.2 Å². The molecule has 17 heavy (non-hydrogen) atoms. The van der Waals surface area contributed by atoms with Gasteiger partial charge in [0, 0.05) is 12.0 Å². The molecule has 0 heterocycles. The number of ether oxygens (including phenoxy) is 2. The first-order valence-electron chi connectivity index (χ1n) is 4.83. The molecule has 0 bridgehead atoms. The van der Waals surface area contributed by atoms with Crippen molar-refractivity contribution in [3.05, 3.63) is 22.2 Å². The van der Waals surface area contributed by atoms with Gasteiger partial charge in [0.05, 0.1) is 19.2 Å². The largest absolute Gasteiger partial charge is 0.493 e. The Morgan fingerprint density at radius 3 is 2.65 bits per heavy atom. The molecule has 2 rings (SSSR count). The second-order valence-electron chi connectivity index (χ2n) is 3.50. The summed E-state index contributed by atoms with van der Waals surface area (Å²) in [6, 6.07) is 1.54. The summed E-state index contributed by atoms with van der Waals surface area (Å²) < 4.78 is 10.2. The highest BCUT2D eigenvalue weighted by Gasteiger charge is 2.32. The summed E-state index contributed by atoms with van der Waals surface area (Å²) in [5, 5.41) is 12.0. The van der Waals surface area contributed by atoms with Gasteiger partial charge in [-0.2, -0.15) is 0 Å². The summed E-state index contributed by atoms with van der Waals surface area (Å²) in [6.45, 7) is 0. The number of halogens is 1. The lowest BCUT2D eigenvalue weighted by Crippen LogP contribution is -2.07. The SMILES string of the molecule is COc1cc2c(c(Cl)c1OC)CC(=NO)C2=O. The van der Waals surface area contributed by atoms with Crippen molar-refractivity contribution in [1.29, 1.82) is 0 Å². The summed E-state index contributed by atoms with van der Waals surface area (Å²) in [5.41, 5.74) is 1.06. The Labute approximate surface area is 103 Å². The number of hydrogen-bond donors (Lipinski definition) is 1. The molecule has 0 spiro atoms. The smallest absolute Gasteiger partial charge is 0.211 e. The van der Waals surface area contributed by atoms with Gasteiger partial charge in [-0.05, 0) is 11.6 Å². The van der Waals surface area contributed by atoms with E-state index >= 15 is 0 Å². The van der Waals surface area contributed by atoms with Crippen LogP contribution in [0.4, 0.5) is 0 Å². The molecule has 1 aromatic rings. The van der Waals surface area contributed by atoms with Crippen LogP contribution in [0.25, 0.3) is 0 Å². The number of rotatable bonds is 2. The first-order valence-corrected chi connectivity index (χ1v) is 5.20. The third-order valence-electron chi connectivity index (χ3n) is 2.68. The number of benzene rings is 1. The van der Waals surface area contributed by atoms with E-state index in [0.29, 0.717) is 27.6 Å². The minimum atomic E-state index is -0.342. The van der Waals surface area contributed by atoms with Gasteiger partial charge in [0.25, 0.3) is 0 Å². The van der Waals surface area contributed by atoms with Gasteiger partial charge in [0.2, 0.25) is 5.78 Å². The highest BCUT2D eigenvalue weighted by molar-refractivity contribution is 6.50. The summed E-state index contributed by atoms with van der Waals surface area (Å²) in [5.74, 6) is 0.411. The van der Waals surface area contributed by atoms with Crippen molar-refractivity contribution in [1.82, 2.24) is 0 Å². The average molecular weight is 256 g/mol. The minimum absolute atomic E-state index is 0.0669. The van der Waals surface area contributed by atoms with Crippen molar-refractivity contribution in [3.63, 3.8) is 0 Å². The lowest BCUT2D eigenvalue weighted by atomic mass is 10.1. The molecule has 1 aliphatic carbocycles. The van der Waals surface area contributed by atoms with Gasteiger partial charge in [0.15, 0.2) is 11.5 Å². The topological polar surface area (TPSA) is 68.1 Å². The molecule has 0 fully saturated rings. The molecule has 0 saturated carbocycles. The molecule has 1 aliphatic rings. The van der Waals surface area contributed by atoms with E-state index in [4.69, 9.17) is 26.3 Å². The number of methoxy groups -OCH3 is 2. The fraction of sp³-hybridized carbons (Fsp3) is 0.273. The number of Topliss-reactive ketones (excluding diaryl/α,β-unsaturated/α-hetero) is 1. The van der Waals surface area contributed by atoms with Crippen LogP contribution in [0.5, 0.6) is 11.5 Å². The number of carbonyl (C=O) groups is 1. The van der Waals surface area contributed by atoms with Crippen molar-refractivity contribution in [2.45, 2.75) is 6.42 Å². The highest BCUT2D eigenvalue weighted by atomic mass is 35.5. The van der Waals surface area contributed by atoms with Gasteiger partial charge in [-0.3, -0.25) is 4.79 Å².